The molecular weight excluding hydrogens is 220 g/mol. The Morgan fingerprint density at radius 1 is 1.41 bits per heavy atom. The number of nitrogens with two attached hydrogens (primary N) is 1. The SMILES string of the molecule is NCc1cccc(NC(=O)OCCCCO)c1. The summed E-state index contributed by atoms with van der Waals surface area (Å²) in [5.74, 6) is 0. The molecule has 0 aliphatic rings. The highest BCUT2D eigenvalue weighted by Gasteiger charge is 2.02. The second-order valence-corrected chi connectivity index (χ2v) is 3.60. The van der Waals surface area contributed by atoms with Gasteiger partial charge in [0.25, 0.3) is 0 Å². The molecule has 0 heterocycles. The number of amides is 1. The molecule has 0 atom stereocenters. The number of benzene rings is 1. The molecular formula is C12H18N2O3. The molecule has 94 valence electrons. The van der Waals surface area contributed by atoms with Crippen molar-refractivity contribution < 1.29 is 14.6 Å². The summed E-state index contributed by atoms with van der Waals surface area (Å²) in [7, 11) is 0. The van der Waals surface area contributed by atoms with Gasteiger partial charge in [0.15, 0.2) is 0 Å². The zero-order valence-electron chi connectivity index (χ0n) is 9.69. The van der Waals surface area contributed by atoms with E-state index in [4.69, 9.17) is 15.6 Å². The minimum absolute atomic E-state index is 0.115. The summed E-state index contributed by atoms with van der Waals surface area (Å²) >= 11 is 0. The van der Waals surface area contributed by atoms with E-state index in [1.807, 2.05) is 12.1 Å². The Morgan fingerprint density at radius 3 is 2.94 bits per heavy atom. The number of hydrogen-bond acceptors (Lipinski definition) is 4. The highest BCUT2D eigenvalue weighted by molar-refractivity contribution is 5.84. The van der Waals surface area contributed by atoms with Crippen LogP contribution in [0.5, 0.6) is 0 Å². The molecule has 1 aromatic carbocycles. The highest BCUT2D eigenvalue weighted by Crippen LogP contribution is 2.10. The number of anilines is 1. The van der Waals surface area contributed by atoms with E-state index < -0.39 is 6.09 Å². The normalized spacial score (nSPS) is 10.0. The van der Waals surface area contributed by atoms with Crippen LogP contribution < -0.4 is 11.1 Å². The van der Waals surface area contributed by atoms with Gasteiger partial charge in [-0.2, -0.15) is 0 Å². The van der Waals surface area contributed by atoms with Gasteiger partial charge in [-0.3, -0.25) is 5.32 Å². The van der Waals surface area contributed by atoms with Crippen LogP contribution in [0.1, 0.15) is 18.4 Å². The van der Waals surface area contributed by atoms with E-state index in [0.29, 0.717) is 31.7 Å². The first-order valence-electron chi connectivity index (χ1n) is 5.60. The van der Waals surface area contributed by atoms with Crippen molar-refractivity contribution in [2.45, 2.75) is 19.4 Å². The Balaban J connectivity index is 2.34. The second-order valence-electron chi connectivity index (χ2n) is 3.60. The lowest BCUT2D eigenvalue weighted by atomic mass is 10.2. The van der Waals surface area contributed by atoms with Crippen LogP contribution in [-0.4, -0.2) is 24.4 Å². The van der Waals surface area contributed by atoms with Crippen LogP contribution >= 0.6 is 0 Å². The van der Waals surface area contributed by atoms with Crippen molar-refractivity contribution >= 4 is 11.8 Å². The van der Waals surface area contributed by atoms with Gasteiger partial charge in [-0.15, -0.1) is 0 Å². The third-order valence-electron chi connectivity index (χ3n) is 2.19. The van der Waals surface area contributed by atoms with E-state index >= 15 is 0 Å². The maximum atomic E-state index is 11.3. The standard InChI is InChI=1S/C12H18N2O3/c13-9-10-4-3-5-11(8-10)14-12(16)17-7-2-1-6-15/h3-5,8,15H,1-2,6-7,9,13H2,(H,14,16). The topological polar surface area (TPSA) is 84.6 Å². The molecule has 0 unspecified atom stereocenters. The number of aliphatic hydroxyl groups excluding tert-OH is 1. The number of carbonyl (C=O) groups is 1. The fourth-order valence-corrected chi connectivity index (χ4v) is 1.31. The Labute approximate surface area is 101 Å². The molecule has 0 aliphatic heterocycles. The van der Waals surface area contributed by atoms with Gasteiger partial charge >= 0.3 is 6.09 Å². The quantitative estimate of drug-likeness (QED) is 0.655. The van der Waals surface area contributed by atoms with Gasteiger partial charge in [0.05, 0.1) is 6.61 Å². The van der Waals surface area contributed by atoms with Gasteiger partial charge in [0.1, 0.15) is 0 Å². The summed E-state index contributed by atoms with van der Waals surface area (Å²) in [6.45, 7) is 0.855. The Morgan fingerprint density at radius 2 is 2.24 bits per heavy atom. The van der Waals surface area contributed by atoms with E-state index in [9.17, 15) is 4.79 Å². The van der Waals surface area contributed by atoms with Crippen molar-refractivity contribution in [1.82, 2.24) is 0 Å². The van der Waals surface area contributed by atoms with Crippen LogP contribution in [0.2, 0.25) is 0 Å². The monoisotopic (exact) mass is 238 g/mol. The molecule has 0 aromatic heterocycles. The molecule has 0 saturated heterocycles. The number of ether oxygens (including phenoxy) is 1. The summed E-state index contributed by atoms with van der Waals surface area (Å²) in [4.78, 5) is 11.3. The number of rotatable bonds is 6. The summed E-state index contributed by atoms with van der Waals surface area (Å²) in [5, 5.41) is 11.2. The van der Waals surface area contributed by atoms with Gasteiger partial charge < -0.3 is 15.6 Å². The van der Waals surface area contributed by atoms with Crippen molar-refractivity contribution in [3.8, 4) is 0 Å². The maximum Gasteiger partial charge on any atom is 0.411 e. The average molecular weight is 238 g/mol. The molecule has 0 bridgehead atoms. The molecule has 0 saturated carbocycles. The zero-order valence-corrected chi connectivity index (χ0v) is 9.69. The number of nitrogens with one attached hydrogen (secondary N) is 1. The lowest BCUT2D eigenvalue weighted by molar-refractivity contribution is 0.155. The van der Waals surface area contributed by atoms with E-state index in [-0.39, 0.29) is 6.61 Å². The number of hydrogen-bond donors (Lipinski definition) is 3. The number of carbonyl (C=O) groups excluding carboxylic acids is 1. The van der Waals surface area contributed by atoms with Crippen LogP contribution in [0, 0.1) is 0 Å². The van der Waals surface area contributed by atoms with Crippen molar-refractivity contribution in [3.05, 3.63) is 29.8 Å². The van der Waals surface area contributed by atoms with Crippen molar-refractivity contribution in [2.75, 3.05) is 18.5 Å². The van der Waals surface area contributed by atoms with Gasteiger partial charge in [-0.25, -0.2) is 4.79 Å². The molecule has 0 radical (unpaired) electrons. The molecule has 1 aromatic rings. The first-order chi connectivity index (χ1) is 8.26. The fourth-order valence-electron chi connectivity index (χ4n) is 1.31. The zero-order chi connectivity index (χ0) is 12.5. The second kappa shape index (κ2) is 7.65. The van der Waals surface area contributed by atoms with Crippen molar-refractivity contribution in [1.29, 1.82) is 0 Å². The van der Waals surface area contributed by atoms with Crippen LogP contribution in [0.3, 0.4) is 0 Å². The molecule has 1 rings (SSSR count). The third-order valence-corrected chi connectivity index (χ3v) is 2.19. The van der Waals surface area contributed by atoms with E-state index in [1.165, 1.54) is 0 Å². The van der Waals surface area contributed by atoms with Crippen LogP contribution in [0.4, 0.5) is 10.5 Å². The largest absolute Gasteiger partial charge is 0.449 e. The molecule has 5 nitrogen and oxygen atoms in total. The summed E-state index contributed by atoms with van der Waals surface area (Å²) < 4.78 is 4.93. The third kappa shape index (κ3) is 5.33. The van der Waals surface area contributed by atoms with E-state index in [1.54, 1.807) is 12.1 Å². The molecule has 17 heavy (non-hydrogen) atoms. The van der Waals surface area contributed by atoms with E-state index in [0.717, 1.165) is 5.56 Å². The molecule has 0 spiro atoms. The summed E-state index contributed by atoms with van der Waals surface area (Å²) in [5.41, 5.74) is 7.11. The van der Waals surface area contributed by atoms with Crippen LogP contribution in [0.15, 0.2) is 24.3 Å². The molecule has 1 amide bonds. The smallest absolute Gasteiger partial charge is 0.411 e. The van der Waals surface area contributed by atoms with Gasteiger partial charge in [-0.1, -0.05) is 12.1 Å². The predicted molar refractivity (Wildman–Crippen MR) is 65.6 cm³/mol. The first kappa shape index (κ1) is 13.5. The van der Waals surface area contributed by atoms with E-state index in [2.05, 4.69) is 5.32 Å². The summed E-state index contributed by atoms with van der Waals surface area (Å²) in [6.07, 6.45) is 0.806. The lowest BCUT2D eigenvalue weighted by Crippen LogP contribution is -2.14. The Hall–Kier alpha value is -1.59. The van der Waals surface area contributed by atoms with Crippen molar-refractivity contribution in [2.24, 2.45) is 5.73 Å². The number of aliphatic hydroxyl groups is 1. The minimum atomic E-state index is -0.489. The Kier molecular flexibility index (Phi) is 6.06. The predicted octanol–water partition coefficient (Wildman–Crippen LogP) is 1.47. The van der Waals surface area contributed by atoms with Gasteiger partial charge in [0, 0.05) is 18.8 Å². The highest BCUT2D eigenvalue weighted by atomic mass is 16.5. The molecule has 4 N–H and O–H groups in total. The number of unbranched alkanes of at least 4 members (excludes halogenated alkanes) is 1. The van der Waals surface area contributed by atoms with Crippen molar-refractivity contribution in [3.63, 3.8) is 0 Å². The van der Waals surface area contributed by atoms with Crippen LogP contribution in [-0.2, 0) is 11.3 Å². The van der Waals surface area contributed by atoms with Crippen LogP contribution in [0.25, 0.3) is 0 Å². The lowest BCUT2D eigenvalue weighted by Gasteiger charge is -2.07. The maximum absolute atomic E-state index is 11.3. The van der Waals surface area contributed by atoms with Gasteiger partial charge in [0.2, 0.25) is 0 Å². The molecule has 0 fully saturated rings. The average Bonchev–Trinajstić information content (AvgIpc) is 2.35. The van der Waals surface area contributed by atoms with Gasteiger partial charge in [-0.05, 0) is 30.5 Å². The minimum Gasteiger partial charge on any atom is -0.449 e. The fraction of sp³-hybridized carbons (Fsp3) is 0.417. The summed E-state index contributed by atoms with van der Waals surface area (Å²) in [6, 6.07) is 7.28. The first-order valence-corrected chi connectivity index (χ1v) is 5.60. The molecule has 0 aliphatic carbocycles. The molecule has 5 heteroatoms. The Bertz CT molecular complexity index is 355.